The zero-order chi connectivity index (χ0) is 60.7. The molecule has 7 fully saturated rings. The van der Waals surface area contributed by atoms with Gasteiger partial charge in [0.1, 0.15) is 0 Å². The summed E-state index contributed by atoms with van der Waals surface area (Å²) in [6.07, 6.45) is 8.53. The van der Waals surface area contributed by atoms with E-state index in [9.17, 15) is 0 Å². The largest absolute Gasteiger partial charge is 0.369 e. The molecule has 7 aromatic carbocycles. The van der Waals surface area contributed by atoms with Crippen LogP contribution in [0.4, 0.5) is 39.8 Å². The third kappa shape index (κ3) is 5.79. The van der Waals surface area contributed by atoms with Crippen molar-refractivity contribution in [1.29, 1.82) is 0 Å². The molecule has 0 bridgehead atoms. The van der Waals surface area contributed by atoms with Crippen LogP contribution in [0, 0.1) is 0 Å². The SMILES string of the molecule is CN1CC[C@]2(c3cccc4c3N[C@@H]3N(C)CC[C@]43c3cccc4c3N[C@@H]3N(C)CC[C@]43c3cccc4c3N[C@@H]3N(C)CC[C@]43[C@@]34CCN(C)[C@@H]3Nc3ccccc34)c3cccc([C@]45CCN(C)[C@H]4Nc4c5cccc4[C@]45CCN(C)[C@H]4Nc4ccccc45)c3N[C@H]12. The summed E-state index contributed by atoms with van der Waals surface area (Å²) in [7, 11) is 16.5. The lowest BCUT2D eigenvalue weighted by atomic mass is 9.54. The second-order valence-electron chi connectivity index (χ2n) is 31.0. The van der Waals surface area contributed by atoms with E-state index in [-0.39, 0.29) is 81.1 Å². The van der Waals surface area contributed by atoms with Crippen LogP contribution in [0.25, 0.3) is 0 Å². The first kappa shape index (κ1) is 53.4. The van der Waals surface area contributed by atoms with Crippen LogP contribution in [0.5, 0.6) is 0 Å². The van der Waals surface area contributed by atoms with Crippen molar-refractivity contribution in [2.24, 2.45) is 0 Å². The van der Waals surface area contributed by atoms with Crippen molar-refractivity contribution in [3.63, 3.8) is 0 Å². The highest BCUT2D eigenvalue weighted by Crippen LogP contribution is 2.70. The van der Waals surface area contributed by atoms with Crippen LogP contribution in [0.3, 0.4) is 0 Å². The van der Waals surface area contributed by atoms with Crippen molar-refractivity contribution in [1.82, 2.24) is 34.3 Å². The first-order chi connectivity index (χ1) is 44.4. The van der Waals surface area contributed by atoms with Gasteiger partial charge in [-0.15, -0.1) is 0 Å². The zero-order valence-electron chi connectivity index (χ0n) is 53.9. The fourth-order valence-corrected chi connectivity index (χ4v) is 24.4. The number of nitrogens with one attached hydrogen (secondary N) is 7. The number of nitrogens with zero attached hydrogens (tertiary/aromatic N) is 7. The predicted octanol–water partition coefficient (Wildman–Crippen LogP) is 9.90. The lowest BCUT2D eigenvalue weighted by Gasteiger charge is -2.48. The Kier molecular flexibility index (Phi) is 10.3. The maximum Gasteiger partial charge on any atom is 0.0933 e. The molecule has 14 heterocycles. The van der Waals surface area contributed by atoms with Gasteiger partial charge in [0.25, 0.3) is 0 Å². The smallest absolute Gasteiger partial charge is 0.0933 e. The molecule has 0 saturated carbocycles. The lowest BCUT2D eigenvalue weighted by Crippen LogP contribution is -2.60. The predicted molar refractivity (Wildman–Crippen MR) is 365 cm³/mol. The Morgan fingerprint density at radius 3 is 0.824 bits per heavy atom. The number of para-hydroxylation sites is 7. The molecule has 14 aliphatic heterocycles. The highest BCUT2D eigenvalue weighted by Gasteiger charge is 2.73. The molecule has 464 valence electrons. The van der Waals surface area contributed by atoms with E-state index in [1.54, 1.807) is 0 Å². The first-order valence-electron chi connectivity index (χ1n) is 34.5. The summed E-state index contributed by atoms with van der Waals surface area (Å²) in [5, 5.41) is 30.3. The van der Waals surface area contributed by atoms with E-state index in [1.165, 1.54) is 107 Å². The summed E-state index contributed by atoms with van der Waals surface area (Å²) in [5.41, 5.74) is 25.4. The molecule has 14 atom stereocenters. The van der Waals surface area contributed by atoms with Gasteiger partial charge in [0, 0.05) is 96.5 Å². The second-order valence-corrected chi connectivity index (χ2v) is 31.0. The van der Waals surface area contributed by atoms with Crippen LogP contribution in [-0.2, 0) is 37.9 Å². The van der Waals surface area contributed by atoms with Crippen LogP contribution in [0.2, 0.25) is 0 Å². The third-order valence-electron chi connectivity index (χ3n) is 28.1. The van der Waals surface area contributed by atoms with Crippen molar-refractivity contribution < 1.29 is 0 Å². The van der Waals surface area contributed by atoms with Gasteiger partial charge in [-0.1, -0.05) is 127 Å². The molecule has 21 rings (SSSR count). The monoisotopic (exact) mass is 1210 g/mol. The molecule has 7 saturated heterocycles. The number of hydrogen-bond donors (Lipinski definition) is 7. The number of likely N-dealkylation sites (tertiary alicyclic amines) is 7. The Balaban J connectivity index is 0.704. The minimum Gasteiger partial charge on any atom is -0.369 e. The molecule has 14 heteroatoms. The maximum atomic E-state index is 4.47. The molecule has 0 aromatic heterocycles. The van der Waals surface area contributed by atoms with Gasteiger partial charge in [0.2, 0.25) is 0 Å². The lowest BCUT2D eigenvalue weighted by molar-refractivity contribution is 0.147. The van der Waals surface area contributed by atoms with Crippen molar-refractivity contribution >= 4 is 39.8 Å². The van der Waals surface area contributed by atoms with Gasteiger partial charge in [-0.05, 0) is 173 Å². The first-order valence-corrected chi connectivity index (χ1v) is 34.5. The van der Waals surface area contributed by atoms with Crippen molar-refractivity contribution in [2.75, 3.05) is 132 Å². The minimum absolute atomic E-state index is 0.0813. The van der Waals surface area contributed by atoms with E-state index in [0.717, 1.165) is 90.8 Å². The molecule has 14 nitrogen and oxygen atoms in total. The fraction of sp³-hybridized carbons (Fsp3) is 0.455. The quantitative estimate of drug-likeness (QED) is 0.0860. The number of anilines is 7. The molecule has 0 radical (unpaired) electrons. The van der Waals surface area contributed by atoms with Crippen molar-refractivity contribution in [2.45, 2.75) is 126 Å². The van der Waals surface area contributed by atoms with Gasteiger partial charge >= 0.3 is 0 Å². The molecular formula is C77H86N14. The van der Waals surface area contributed by atoms with Crippen molar-refractivity contribution in [3.05, 3.63) is 206 Å². The van der Waals surface area contributed by atoms with E-state index in [1.807, 2.05) is 0 Å². The molecule has 7 aromatic rings. The van der Waals surface area contributed by atoms with Crippen LogP contribution in [0.15, 0.2) is 140 Å². The average Bonchev–Trinajstić information content (AvgIpc) is 1.51. The second kappa shape index (κ2) is 17.6. The van der Waals surface area contributed by atoms with Gasteiger partial charge in [-0.25, -0.2) is 0 Å². The Hall–Kier alpha value is -7.14. The van der Waals surface area contributed by atoms with E-state index in [0.29, 0.717) is 0 Å². The van der Waals surface area contributed by atoms with E-state index in [2.05, 4.69) is 260 Å². The minimum atomic E-state index is -0.296. The zero-order valence-corrected chi connectivity index (χ0v) is 53.9. The van der Waals surface area contributed by atoms with Gasteiger partial charge in [0.05, 0.1) is 70.2 Å². The van der Waals surface area contributed by atoms with E-state index in [4.69, 9.17) is 0 Å². The van der Waals surface area contributed by atoms with Crippen LogP contribution in [0.1, 0.15) is 112 Å². The van der Waals surface area contributed by atoms with E-state index < -0.39 is 0 Å². The molecule has 7 N–H and O–H groups in total. The summed E-state index contributed by atoms with van der Waals surface area (Å²) in [4.78, 5) is 18.3. The topological polar surface area (TPSA) is 107 Å². The Morgan fingerprint density at radius 2 is 0.451 bits per heavy atom. The number of likely N-dealkylation sites (N-methyl/N-ethyl adjacent to an activating group) is 7. The van der Waals surface area contributed by atoms with E-state index >= 15 is 0 Å². The highest BCUT2D eigenvalue weighted by atomic mass is 15.4. The molecule has 91 heavy (non-hydrogen) atoms. The maximum absolute atomic E-state index is 4.47. The molecule has 0 spiro atoms. The molecule has 0 amide bonds. The Bertz CT molecular complexity index is 4340. The normalized spacial score (nSPS) is 38.2. The van der Waals surface area contributed by atoms with Gasteiger partial charge in [-0.2, -0.15) is 0 Å². The molecular weight excluding hydrogens is 1120 g/mol. The Morgan fingerprint density at radius 1 is 0.231 bits per heavy atom. The number of rotatable bonds is 6. The number of benzene rings is 7. The molecule has 0 unspecified atom stereocenters. The summed E-state index contributed by atoms with van der Waals surface area (Å²) < 4.78 is 0. The van der Waals surface area contributed by atoms with Gasteiger partial charge in [-0.3, -0.25) is 34.3 Å². The average molecular weight is 1210 g/mol. The summed E-state index contributed by atoms with van der Waals surface area (Å²) >= 11 is 0. The third-order valence-corrected chi connectivity index (χ3v) is 28.1. The summed E-state index contributed by atoms with van der Waals surface area (Å²) in [6.45, 7) is 7.30. The van der Waals surface area contributed by atoms with Crippen LogP contribution < -0.4 is 37.2 Å². The fourth-order valence-electron chi connectivity index (χ4n) is 24.4. The van der Waals surface area contributed by atoms with Gasteiger partial charge in [0.15, 0.2) is 0 Å². The summed E-state index contributed by atoms with van der Waals surface area (Å²) in [6, 6.07) is 55.8. The number of fused-ring (bicyclic) bond motifs is 22. The Labute approximate surface area is 536 Å². The molecule has 0 aliphatic carbocycles. The van der Waals surface area contributed by atoms with Gasteiger partial charge < -0.3 is 37.2 Å². The highest BCUT2D eigenvalue weighted by molar-refractivity contribution is 5.86. The van der Waals surface area contributed by atoms with Crippen LogP contribution >= 0.6 is 0 Å². The number of hydrogen-bond acceptors (Lipinski definition) is 14. The van der Waals surface area contributed by atoms with Crippen molar-refractivity contribution in [3.8, 4) is 0 Å². The molecule has 14 aliphatic rings. The standard InChI is InChI=1S/C77H86N14/c1-85-38-31-71(45-17-8-10-29-57(45)78-64(71)85)47-19-12-20-48-59(47)80-65-72(48,32-39-86(65)2)49-21-13-22-50-60(49)81-66-73(50,33-40-87(66)3)51-23-14-24-52-61(51)82-67-74(52,34-41-88(67)4)53-25-15-26-54-62(53)83-68-75(54,35-42-89(68)5)55-27-16-28-56-63(55)84-70-77(56,37-44-91(70)7)76-36-43-90(6)69(76)79-58-30-11-9-18-46(58)76/h8-30,64-70,78-84H,31-44H2,1-7H3/t64-,65-,66-,67-,68-,69+,70-,71-,72-,73-,74-,75-,76-,77+/m1/s1. The summed E-state index contributed by atoms with van der Waals surface area (Å²) in [5.74, 6) is 0. The van der Waals surface area contributed by atoms with Crippen LogP contribution in [-0.4, -0.2) is 173 Å².